The number of carbonyl (C=O) groups is 5. The molecule has 0 bridgehead atoms. The molecule has 1 aliphatic rings. The van der Waals surface area contributed by atoms with Crippen molar-refractivity contribution in [3.63, 3.8) is 0 Å². The minimum Gasteiger partial charge on any atom is -0.392 e. The number of nitrogens with zero attached hydrogens (tertiary/aromatic N) is 1. The Hall–Kier alpha value is -3.53. The van der Waals surface area contributed by atoms with Gasteiger partial charge in [-0.1, -0.05) is 45.7 Å². The van der Waals surface area contributed by atoms with Crippen molar-refractivity contribution in [2.24, 2.45) is 5.92 Å². The Morgan fingerprint density at radius 1 is 1.00 bits per heavy atom. The second-order valence-electron chi connectivity index (χ2n) is 9.43. The summed E-state index contributed by atoms with van der Waals surface area (Å²) in [4.78, 5) is 61.8. The Morgan fingerprint density at radius 3 is 2.32 bits per heavy atom. The molecule has 0 spiro atoms. The van der Waals surface area contributed by atoms with Crippen molar-refractivity contribution in [2.45, 2.75) is 71.9 Å². The van der Waals surface area contributed by atoms with E-state index in [0.717, 1.165) is 24.0 Å². The van der Waals surface area contributed by atoms with Crippen molar-refractivity contribution in [3.8, 4) is 0 Å². The molecule has 0 saturated heterocycles. The van der Waals surface area contributed by atoms with E-state index in [1.807, 2.05) is 26.8 Å². The number of hydrogen-bond donors (Lipinski definition) is 4. The number of aliphatic hydroxyl groups is 1. The highest BCUT2D eigenvalue weighted by Gasteiger charge is 2.25. The van der Waals surface area contributed by atoms with Gasteiger partial charge in [-0.3, -0.25) is 28.9 Å². The summed E-state index contributed by atoms with van der Waals surface area (Å²) in [6.07, 6.45) is 6.12. The fourth-order valence-corrected chi connectivity index (χ4v) is 3.98. The van der Waals surface area contributed by atoms with Gasteiger partial charge in [0.2, 0.25) is 17.7 Å². The summed E-state index contributed by atoms with van der Waals surface area (Å²) in [7, 11) is 0. The molecule has 0 aromatic heterocycles. The van der Waals surface area contributed by atoms with E-state index in [9.17, 15) is 29.1 Å². The molecule has 1 aromatic carbocycles. The molecule has 1 aromatic rings. The van der Waals surface area contributed by atoms with Crippen LogP contribution in [0.5, 0.6) is 0 Å². The van der Waals surface area contributed by atoms with Crippen LogP contribution in [0.25, 0.3) is 0 Å². The Bertz CT molecular complexity index is 1000. The summed E-state index contributed by atoms with van der Waals surface area (Å²) in [5.74, 6) is -1.93. The molecule has 1 atom stereocenters. The second kappa shape index (κ2) is 14.9. The van der Waals surface area contributed by atoms with Crippen LogP contribution in [0.1, 0.15) is 64.0 Å². The van der Waals surface area contributed by atoms with Gasteiger partial charge in [0.15, 0.2) is 0 Å². The van der Waals surface area contributed by atoms with E-state index < -0.39 is 11.9 Å². The highest BCUT2D eigenvalue weighted by atomic mass is 16.3. The average Bonchev–Trinajstić information content (AvgIpc) is 3.18. The first-order valence-corrected chi connectivity index (χ1v) is 12.8. The van der Waals surface area contributed by atoms with Crippen LogP contribution in [0, 0.1) is 5.92 Å². The predicted octanol–water partition coefficient (Wildman–Crippen LogP) is 1.81. The van der Waals surface area contributed by atoms with E-state index >= 15 is 0 Å². The third-order valence-corrected chi connectivity index (χ3v) is 6.02. The Labute approximate surface area is 217 Å². The van der Waals surface area contributed by atoms with Crippen molar-refractivity contribution in [1.29, 1.82) is 0 Å². The number of rotatable bonds is 15. The summed E-state index contributed by atoms with van der Waals surface area (Å²) in [5, 5.41) is 17.5. The molecule has 5 amide bonds. The molecule has 202 valence electrons. The topological polar surface area (TPSA) is 145 Å². The standard InChI is InChI=1S/C27H38N4O6/c1-4-8-20-15-19(17-32)10-11-21(20)29-23(34)16-28-27(37)26(18(2)3)30-22(33)9-6-5-7-14-31-24(35)12-13-25(31)36/h10-13,15,18,26,32H,4-9,14,16-17H2,1-3H3,(H,28,37)(H,29,34)(H,30,33). The lowest BCUT2D eigenvalue weighted by atomic mass is 10.0. The summed E-state index contributed by atoms with van der Waals surface area (Å²) in [5.41, 5.74) is 2.32. The van der Waals surface area contributed by atoms with Crippen LogP contribution in [0.2, 0.25) is 0 Å². The van der Waals surface area contributed by atoms with Gasteiger partial charge in [-0.15, -0.1) is 0 Å². The number of imide groups is 1. The lowest BCUT2D eigenvalue weighted by molar-refractivity contribution is -0.137. The lowest BCUT2D eigenvalue weighted by Crippen LogP contribution is -2.51. The largest absolute Gasteiger partial charge is 0.392 e. The van der Waals surface area contributed by atoms with Gasteiger partial charge < -0.3 is 21.1 Å². The summed E-state index contributed by atoms with van der Waals surface area (Å²) in [6, 6.07) is 4.54. The van der Waals surface area contributed by atoms with E-state index in [2.05, 4.69) is 16.0 Å². The maximum Gasteiger partial charge on any atom is 0.253 e. The quantitative estimate of drug-likeness (QED) is 0.208. The van der Waals surface area contributed by atoms with Crippen LogP contribution in [-0.4, -0.2) is 58.7 Å². The van der Waals surface area contributed by atoms with Gasteiger partial charge in [0.05, 0.1) is 13.2 Å². The number of amides is 5. The van der Waals surface area contributed by atoms with Crippen molar-refractivity contribution in [1.82, 2.24) is 15.5 Å². The number of nitrogens with one attached hydrogen (secondary N) is 3. The number of hydrogen-bond acceptors (Lipinski definition) is 6. The van der Waals surface area contributed by atoms with Gasteiger partial charge in [0.1, 0.15) is 6.04 Å². The minimum atomic E-state index is -0.786. The molecule has 1 aliphatic heterocycles. The monoisotopic (exact) mass is 514 g/mol. The molecular weight excluding hydrogens is 476 g/mol. The van der Waals surface area contributed by atoms with Gasteiger partial charge in [-0.25, -0.2) is 0 Å². The predicted molar refractivity (Wildman–Crippen MR) is 139 cm³/mol. The molecule has 37 heavy (non-hydrogen) atoms. The van der Waals surface area contributed by atoms with E-state index in [4.69, 9.17) is 0 Å². The van der Waals surface area contributed by atoms with E-state index in [-0.39, 0.29) is 49.1 Å². The number of benzene rings is 1. The fourth-order valence-electron chi connectivity index (χ4n) is 3.98. The molecule has 0 fully saturated rings. The highest BCUT2D eigenvalue weighted by Crippen LogP contribution is 2.19. The van der Waals surface area contributed by atoms with Crippen LogP contribution in [0.4, 0.5) is 5.69 Å². The fraction of sp³-hybridized carbons (Fsp3) is 0.519. The van der Waals surface area contributed by atoms with E-state index in [1.54, 1.807) is 12.1 Å². The first-order valence-electron chi connectivity index (χ1n) is 12.8. The summed E-state index contributed by atoms with van der Waals surface area (Å²) in [6.45, 7) is 5.63. The number of aliphatic hydroxyl groups excluding tert-OH is 1. The van der Waals surface area contributed by atoms with Gasteiger partial charge in [-0.05, 0) is 42.4 Å². The molecule has 10 nitrogen and oxygen atoms in total. The third-order valence-electron chi connectivity index (χ3n) is 6.02. The Morgan fingerprint density at radius 2 is 1.70 bits per heavy atom. The highest BCUT2D eigenvalue weighted by molar-refractivity contribution is 6.12. The number of carbonyl (C=O) groups excluding carboxylic acids is 5. The van der Waals surface area contributed by atoms with E-state index in [1.165, 1.54) is 17.1 Å². The zero-order chi connectivity index (χ0) is 27.4. The number of aryl methyl sites for hydroxylation is 1. The lowest BCUT2D eigenvalue weighted by Gasteiger charge is -2.22. The molecule has 0 saturated carbocycles. The Balaban J connectivity index is 1.76. The molecule has 0 radical (unpaired) electrons. The molecule has 0 aliphatic carbocycles. The van der Waals surface area contributed by atoms with Gasteiger partial charge in [0.25, 0.3) is 11.8 Å². The average molecular weight is 515 g/mol. The van der Waals surface area contributed by atoms with Gasteiger partial charge >= 0.3 is 0 Å². The minimum absolute atomic E-state index is 0.0817. The smallest absolute Gasteiger partial charge is 0.253 e. The van der Waals surface area contributed by atoms with Crippen molar-refractivity contribution in [2.75, 3.05) is 18.4 Å². The zero-order valence-corrected chi connectivity index (χ0v) is 21.8. The van der Waals surface area contributed by atoms with Gasteiger partial charge in [0, 0.05) is 30.8 Å². The maximum absolute atomic E-state index is 12.7. The van der Waals surface area contributed by atoms with Crippen LogP contribution in [-0.2, 0) is 37.0 Å². The summed E-state index contributed by atoms with van der Waals surface area (Å²) < 4.78 is 0. The molecule has 10 heteroatoms. The molecule has 4 N–H and O–H groups in total. The SMILES string of the molecule is CCCc1cc(CO)ccc1NC(=O)CNC(=O)C(NC(=O)CCCCCN1C(=O)C=CC1=O)C(C)C. The molecule has 2 rings (SSSR count). The summed E-state index contributed by atoms with van der Waals surface area (Å²) >= 11 is 0. The maximum atomic E-state index is 12.7. The zero-order valence-electron chi connectivity index (χ0n) is 21.8. The van der Waals surface area contributed by atoms with Gasteiger partial charge in [-0.2, -0.15) is 0 Å². The van der Waals surface area contributed by atoms with Crippen molar-refractivity contribution in [3.05, 3.63) is 41.5 Å². The normalized spacial score (nSPS) is 13.7. The van der Waals surface area contributed by atoms with Crippen LogP contribution in [0.3, 0.4) is 0 Å². The Kier molecular flexibility index (Phi) is 12.0. The number of unbranched alkanes of at least 4 members (excludes halogenated alkanes) is 2. The second-order valence-corrected chi connectivity index (χ2v) is 9.43. The van der Waals surface area contributed by atoms with Crippen LogP contribution < -0.4 is 16.0 Å². The third kappa shape index (κ3) is 9.45. The molecule has 1 heterocycles. The first-order chi connectivity index (χ1) is 17.7. The van der Waals surface area contributed by atoms with Crippen LogP contribution in [0.15, 0.2) is 30.4 Å². The van der Waals surface area contributed by atoms with Crippen molar-refractivity contribution >= 4 is 35.2 Å². The first kappa shape index (κ1) is 29.7. The van der Waals surface area contributed by atoms with Crippen molar-refractivity contribution < 1.29 is 29.1 Å². The van der Waals surface area contributed by atoms with E-state index in [0.29, 0.717) is 31.5 Å². The molecule has 1 unspecified atom stereocenters. The molecular formula is C27H38N4O6. The van der Waals surface area contributed by atoms with Crippen LogP contribution >= 0.6 is 0 Å². The number of anilines is 1.